The highest BCUT2D eigenvalue weighted by Gasteiger charge is 2.23. The molecule has 0 N–H and O–H groups in total. The summed E-state index contributed by atoms with van der Waals surface area (Å²) in [4.78, 5) is 0. The van der Waals surface area contributed by atoms with Gasteiger partial charge in [-0.25, -0.2) is 0 Å². The van der Waals surface area contributed by atoms with Crippen LogP contribution in [0.5, 0.6) is 0 Å². The number of hydrogen-bond donors (Lipinski definition) is 0. The van der Waals surface area contributed by atoms with Crippen LogP contribution in [0, 0.1) is 18.3 Å². The quantitative estimate of drug-likeness (QED) is 0.649. The van der Waals surface area contributed by atoms with Gasteiger partial charge >= 0.3 is 0 Å². The molecule has 3 aromatic carbocycles. The van der Waals surface area contributed by atoms with E-state index in [1.54, 1.807) is 0 Å². The second-order valence-electron chi connectivity index (χ2n) is 6.15. The van der Waals surface area contributed by atoms with Gasteiger partial charge in [0.2, 0.25) is 0 Å². The Morgan fingerprint density at radius 1 is 0.917 bits per heavy atom. The first kappa shape index (κ1) is 14.7. The smallest absolute Gasteiger partial charge is 0.100 e. The summed E-state index contributed by atoms with van der Waals surface area (Å²) in [5.74, 6) is 0. The van der Waals surface area contributed by atoms with Crippen LogP contribution in [0.4, 0.5) is 0 Å². The number of fused-ring (bicyclic) bond motifs is 1. The summed E-state index contributed by atoms with van der Waals surface area (Å²) in [5.41, 5.74) is 8.43. The maximum Gasteiger partial charge on any atom is 0.100 e. The molecule has 2 nitrogen and oxygen atoms in total. The van der Waals surface area contributed by atoms with Crippen molar-refractivity contribution < 1.29 is 4.74 Å². The van der Waals surface area contributed by atoms with Gasteiger partial charge in [0.15, 0.2) is 0 Å². The molecular formula is C22H17NO. The van der Waals surface area contributed by atoms with Gasteiger partial charge in [-0.15, -0.1) is 0 Å². The van der Waals surface area contributed by atoms with E-state index in [4.69, 9.17) is 4.74 Å². The van der Waals surface area contributed by atoms with Crippen molar-refractivity contribution in [2.45, 2.75) is 20.1 Å². The summed E-state index contributed by atoms with van der Waals surface area (Å²) in [7, 11) is 0. The fraction of sp³-hybridized carbons (Fsp3) is 0.136. The lowest BCUT2D eigenvalue weighted by Crippen LogP contribution is -1.97. The topological polar surface area (TPSA) is 33.0 Å². The molecule has 0 unspecified atom stereocenters. The van der Waals surface area contributed by atoms with E-state index >= 15 is 0 Å². The standard InChI is InChI=1S/C22H17NO/c1-15-7-9-16(10-8-15)19-11-18-13-24-14-21(18)22(20(19)12-23)17-5-3-2-4-6-17/h2-11H,13-14H2,1H3. The van der Waals surface area contributed by atoms with E-state index in [0.717, 1.165) is 33.4 Å². The van der Waals surface area contributed by atoms with Gasteiger partial charge < -0.3 is 4.74 Å². The van der Waals surface area contributed by atoms with Crippen LogP contribution in [0.15, 0.2) is 60.7 Å². The molecular weight excluding hydrogens is 294 g/mol. The molecule has 0 saturated carbocycles. The summed E-state index contributed by atoms with van der Waals surface area (Å²) in [6, 6.07) is 23.1. The Labute approximate surface area is 142 Å². The minimum absolute atomic E-state index is 0.572. The summed E-state index contributed by atoms with van der Waals surface area (Å²) < 4.78 is 5.68. The van der Waals surface area contributed by atoms with Crippen molar-refractivity contribution in [3.8, 4) is 28.3 Å². The molecule has 0 amide bonds. The summed E-state index contributed by atoms with van der Waals surface area (Å²) >= 11 is 0. The number of nitrogens with zero attached hydrogens (tertiary/aromatic N) is 1. The van der Waals surface area contributed by atoms with Crippen LogP contribution in [0.2, 0.25) is 0 Å². The lowest BCUT2D eigenvalue weighted by atomic mass is 9.86. The average Bonchev–Trinajstić information content (AvgIpc) is 3.09. The number of aryl methyl sites for hydroxylation is 1. The molecule has 3 aromatic rings. The molecule has 0 bridgehead atoms. The second kappa shape index (κ2) is 5.96. The molecule has 0 atom stereocenters. The second-order valence-corrected chi connectivity index (χ2v) is 6.15. The third kappa shape index (κ3) is 2.40. The first-order chi connectivity index (χ1) is 11.8. The van der Waals surface area contributed by atoms with E-state index in [2.05, 4.69) is 55.5 Å². The first-order valence-corrected chi connectivity index (χ1v) is 8.07. The van der Waals surface area contributed by atoms with Gasteiger partial charge in [0.05, 0.1) is 18.8 Å². The lowest BCUT2D eigenvalue weighted by molar-refractivity contribution is 0.134. The van der Waals surface area contributed by atoms with Crippen LogP contribution in [0.25, 0.3) is 22.3 Å². The first-order valence-electron chi connectivity index (χ1n) is 8.07. The summed E-state index contributed by atoms with van der Waals surface area (Å²) in [6.07, 6.45) is 0. The molecule has 0 spiro atoms. The van der Waals surface area contributed by atoms with E-state index in [1.807, 2.05) is 18.2 Å². The Balaban J connectivity index is 2.03. The zero-order valence-electron chi connectivity index (χ0n) is 13.5. The highest BCUT2D eigenvalue weighted by molar-refractivity contribution is 5.85. The third-order valence-electron chi connectivity index (χ3n) is 4.57. The minimum atomic E-state index is 0.572. The number of hydrogen-bond acceptors (Lipinski definition) is 2. The Bertz CT molecular complexity index is 934. The summed E-state index contributed by atoms with van der Waals surface area (Å²) in [5, 5.41) is 9.92. The monoisotopic (exact) mass is 311 g/mol. The highest BCUT2D eigenvalue weighted by Crippen LogP contribution is 2.39. The normalized spacial score (nSPS) is 12.7. The zero-order chi connectivity index (χ0) is 16.5. The maximum atomic E-state index is 9.92. The molecule has 0 aromatic heterocycles. The molecule has 1 heterocycles. The Morgan fingerprint density at radius 2 is 1.67 bits per heavy atom. The van der Waals surface area contributed by atoms with Crippen LogP contribution in [-0.2, 0) is 18.0 Å². The fourth-order valence-corrected chi connectivity index (χ4v) is 3.34. The zero-order valence-corrected chi connectivity index (χ0v) is 13.5. The maximum absolute atomic E-state index is 9.92. The van der Waals surface area contributed by atoms with E-state index in [1.165, 1.54) is 11.1 Å². The van der Waals surface area contributed by atoms with Crippen LogP contribution < -0.4 is 0 Å². The predicted octanol–water partition coefficient (Wildman–Crippen LogP) is 5.23. The molecule has 0 aliphatic carbocycles. The minimum Gasteiger partial charge on any atom is -0.372 e. The lowest BCUT2D eigenvalue weighted by Gasteiger charge is -2.15. The molecule has 1 aliphatic heterocycles. The van der Waals surface area contributed by atoms with Crippen LogP contribution in [0.3, 0.4) is 0 Å². The Hall–Kier alpha value is -2.89. The van der Waals surface area contributed by atoms with Gasteiger partial charge in [0.1, 0.15) is 6.07 Å². The molecule has 0 radical (unpaired) electrons. The van der Waals surface area contributed by atoms with E-state index in [0.29, 0.717) is 13.2 Å². The molecule has 4 rings (SSSR count). The third-order valence-corrected chi connectivity index (χ3v) is 4.57. The van der Waals surface area contributed by atoms with Gasteiger partial charge in [0.25, 0.3) is 0 Å². The number of ether oxygens (including phenoxy) is 1. The molecule has 0 fully saturated rings. The average molecular weight is 311 g/mol. The van der Waals surface area contributed by atoms with Crippen molar-refractivity contribution in [2.24, 2.45) is 0 Å². The van der Waals surface area contributed by atoms with Gasteiger partial charge in [-0.05, 0) is 35.2 Å². The predicted molar refractivity (Wildman–Crippen MR) is 95.3 cm³/mol. The van der Waals surface area contributed by atoms with Gasteiger partial charge in [0, 0.05) is 11.1 Å². The van der Waals surface area contributed by atoms with E-state index in [9.17, 15) is 5.26 Å². The number of rotatable bonds is 2. The molecule has 0 saturated heterocycles. The molecule has 2 heteroatoms. The molecule has 1 aliphatic rings. The van der Waals surface area contributed by atoms with Crippen LogP contribution in [-0.4, -0.2) is 0 Å². The summed E-state index contributed by atoms with van der Waals surface area (Å²) in [6.45, 7) is 3.25. The van der Waals surface area contributed by atoms with Crippen molar-refractivity contribution in [2.75, 3.05) is 0 Å². The van der Waals surface area contributed by atoms with E-state index in [-0.39, 0.29) is 0 Å². The van der Waals surface area contributed by atoms with Gasteiger partial charge in [-0.2, -0.15) is 5.26 Å². The van der Waals surface area contributed by atoms with Crippen LogP contribution >= 0.6 is 0 Å². The molecule has 116 valence electrons. The van der Waals surface area contributed by atoms with Gasteiger partial charge in [-0.3, -0.25) is 0 Å². The Morgan fingerprint density at radius 3 is 2.38 bits per heavy atom. The van der Waals surface area contributed by atoms with Gasteiger partial charge in [-0.1, -0.05) is 60.2 Å². The fourth-order valence-electron chi connectivity index (χ4n) is 3.34. The highest BCUT2D eigenvalue weighted by atomic mass is 16.5. The Kier molecular flexibility index (Phi) is 3.65. The van der Waals surface area contributed by atoms with Crippen LogP contribution in [0.1, 0.15) is 22.3 Å². The van der Waals surface area contributed by atoms with E-state index < -0.39 is 0 Å². The SMILES string of the molecule is Cc1ccc(-c2cc3c(c(-c4ccccc4)c2C#N)COC3)cc1. The van der Waals surface area contributed by atoms with Crippen molar-refractivity contribution >= 4 is 0 Å². The van der Waals surface area contributed by atoms with Crippen molar-refractivity contribution in [1.82, 2.24) is 0 Å². The number of nitriles is 1. The largest absolute Gasteiger partial charge is 0.372 e. The molecule has 24 heavy (non-hydrogen) atoms. The van der Waals surface area contributed by atoms with Crippen molar-refractivity contribution in [1.29, 1.82) is 5.26 Å². The van der Waals surface area contributed by atoms with Crippen molar-refractivity contribution in [3.63, 3.8) is 0 Å². The number of benzene rings is 3. The van der Waals surface area contributed by atoms with Crippen molar-refractivity contribution in [3.05, 3.63) is 82.9 Å².